The van der Waals surface area contributed by atoms with E-state index in [1.807, 2.05) is 12.1 Å². The number of aliphatic hydroxyl groups is 1. The van der Waals surface area contributed by atoms with Crippen molar-refractivity contribution in [1.82, 2.24) is 5.32 Å². The smallest absolute Gasteiger partial charge is 0.306 e. The lowest BCUT2D eigenvalue weighted by Crippen LogP contribution is -2.47. The maximum Gasteiger partial charge on any atom is 0.306 e. The Morgan fingerprint density at radius 1 is 1.19 bits per heavy atom. The van der Waals surface area contributed by atoms with Gasteiger partial charge in [-0.3, -0.25) is 9.59 Å². The topological polar surface area (TPSA) is 106 Å². The summed E-state index contributed by atoms with van der Waals surface area (Å²) in [5.74, 6) is 0.225. The molecule has 0 saturated carbocycles. The van der Waals surface area contributed by atoms with E-state index in [1.165, 1.54) is 0 Å². The van der Waals surface area contributed by atoms with E-state index >= 15 is 0 Å². The number of benzene rings is 2. The van der Waals surface area contributed by atoms with Crippen LogP contribution in [0.3, 0.4) is 0 Å². The average molecular weight is 517 g/mol. The molecule has 0 fully saturated rings. The summed E-state index contributed by atoms with van der Waals surface area (Å²) in [5.41, 5.74) is -0.369. The van der Waals surface area contributed by atoms with Crippen molar-refractivity contribution in [1.29, 1.82) is 0 Å². The number of nitrogens with zero attached hydrogens (tertiary/aromatic N) is 1. The third-order valence-electron chi connectivity index (χ3n) is 5.36. The van der Waals surface area contributed by atoms with Crippen molar-refractivity contribution in [3.05, 3.63) is 64.7 Å². The van der Waals surface area contributed by atoms with Crippen LogP contribution in [0.25, 0.3) is 0 Å². The fraction of sp³-hybridized carbons (Fsp3) is 0.444. The van der Waals surface area contributed by atoms with Crippen LogP contribution in [0.1, 0.15) is 51.2 Å². The summed E-state index contributed by atoms with van der Waals surface area (Å²) in [4.78, 5) is 30.5. The lowest BCUT2D eigenvalue weighted by Gasteiger charge is -2.24. The van der Waals surface area contributed by atoms with Gasteiger partial charge in [0.2, 0.25) is 5.90 Å². The molecule has 0 aromatic heterocycles. The molecule has 3 rings (SSSR count). The summed E-state index contributed by atoms with van der Waals surface area (Å²) in [7, 11) is 0. The van der Waals surface area contributed by atoms with Crippen LogP contribution in [0.15, 0.2) is 53.5 Å². The van der Waals surface area contributed by atoms with Gasteiger partial charge in [-0.1, -0.05) is 23.7 Å². The van der Waals surface area contributed by atoms with Gasteiger partial charge < -0.3 is 24.6 Å². The number of carbonyl (C=O) groups excluding carboxylic acids is 2. The molecule has 1 aliphatic heterocycles. The Kier molecular flexibility index (Phi) is 9.34. The lowest BCUT2D eigenvalue weighted by atomic mass is 9.94. The Labute approximate surface area is 216 Å². The summed E-state index contributed by atoms with van der Waals surface area (Å²) < 4.78 is 16.9. The number of aliphatic imine (C=N–C) groups is 1. The van der Waals surface area contributed by atoms with Crippen LogP contribution in [0.5, 0.6) is 5.75 Å². The third kappa shape index (κ3) is 7.96. The van der Waals surface area contributed by atoms with Crippen LogP contribution < -0.4 is 10.1 Å². The van der Waals surface area contributed by atoms with E-state index in [0.29, 0.717) is 35.3 Å². The van der Waals surface area contributed by atoms with Crippen LogP contribution >= 0.6 is 11.6 Å². The van der Waals surface area contributed by atoms with E-state index in [4.69, 9.17) is 30.9 Å². The molecule has 1 atom stereocenters. The summed E-state index contributed by atoms with van der Waals surface area (Å²) in [5, 5.41) is 12.4. The maximum atomic E-state index is 13.4. The zero-order valence-electron chi connectivity index (χ0n) is 20.9. The number of rotatable bonds is 11. The van der Waals surface area contributed by atoms with Crippen LogP contribution in [0.4, 0.5) is 0 Å². The van der Waals surface area contributed by atoms with E-state index in [1.54, 1.807) is 57.2 Å². The number of aliphatic hydroxyl groups excluding tert-OH is 1. The Morgan fingerprint density at radius 2 is 1.94 bits per heavy atom. The second-order valence-corrected chi connectivity index (χ2v) is 10.0. The van der Waals surface area contributed by atoms with Gasteiger partial charge in [0.15, 0.2) is 5.54 Å². The molecule has 0 aliphatic carbocycles. The minimum atomic E-state index is -1.28. The number of carbonyl (C=O) groups is 2. The fourth-order valence-electron chi connectivity index (χ4n) is 3.60. The predicted octanol–water partition coefficient (Wildman–Crippen LogP) is 4.06. The van der Waals surface area contributed by atoms with Gasteiger partial charge in [0.25, 0.3) is 5.91 Å². The first kappa shape index (κ1) is 27.5. The van der Waals surface area contributed by atoms with Crippen LogP contribution in [-0.4, -0.2) is 53.8 Å². The van der Waals surface area contributed by atoms with Crippen molar-refractivity contribution in [3.8, 4) is 5.75 Å². The first-order chi connectivity index (χ1) is 17.1. The van der Waals surface area contributed by atoms with E-state index in [2.05, 4.69) is 10.3 Å². The molecule has 2 N–H and O–H groups in total. The van der Waals surface area contributed by atoms with Gasteiger partial charge in [-0.05, 0) is 69.2 Å². The van der Waals surface area contributed by atoms with E-state index in [-0.39, 0.29) is 38.5 Å². The molecular weight excluding hydrogens is 484 g/mol. The molecule has 1 amide bonds. The molecule has 194 valence electrons. The molecular formula is C27H33ClN2O6. The molecule has 0 saturated heterocycles. The fourth-order valence-corrected chi connectivity index (χ4v) is 3.81. The Balaban J connectivity index is 1.76. The zero-order valence-corrected chi connectivity index (χ0v) is 21.6. The maximum absolute atomic E-state index is 13.4. The highest BCUT2D eigenvalue weighted by atomic mass is 35.5. The SMILES string of the molecule is CC(C)(C)OC(=O)CC[C@]1(C(=O)NCc2cccc(Cl)c2)COC(c2ccc(OCCCO)cc2)=N1. The number of esters is 1. The molecule has 9 heteroatoms. The number of halogens is 1. The Hall–Kier alpha value is -3.10. The minimum Gasteiger partial charge on any atom is -0.494 e. The van der Waals surface area contributed by atoms with Gasteiger partial charge in [0.1, 0.15) is 18.0 Å². The predicted molar refractivity (Wildman–Crippen MR) is 137 cm³/mol. The van der Waals surface area contributed by atoms with Gasteiger partial charge >= 0.3 is 5.97 Å². The van der Waals surface area contributed by atoms with Crippen LogP contribution in [0, 0.1) is 0 Å². The largest absolute Gasteiger partial charge is 0.494 e. The quantitative estimate of drug-likeness (QED) is 0.344. The zero-order chi connectivity index (χ0) is 26.2. The molecule has 0 unspecified atom stereocenters. The van der Waals surface area contributed by atoms with Crippen molar-refractivity contribution in [3.63, 3.8) is 0 Å². The van der Waals surface area contributed by atoms with E-state index < -0.39 is 17.1 Å². The monoisotopic (exact) mass is 516 g/mol. The standard InChI is InChI=1S/C27H33ClN2O6/c1-26(2,3)36-23(32)12-13-27(25(33)29-17-19-6-4-7-21(28)16-19)18-35-24(30-27)20-8-10-22(11-9-20)34-15-5-14-31/h4,6-11,16,31H,5,12-15,17-18H2,1-3H3,(H,29,33)/t27-/m1/s1. The van der Waals surface area contributed by atoms with Gasteiger partial charge in [-0.2, -0.15) is 0 Å². The number of amides is 1. The number of hydrogen-bond donors (Lipinski definition) is 2. The lowest BCUT2D eigenvalue weighted by molar-refractivity contribution is -0.155. The average Bonchev–Trinajstić information content (AvgIpc) is 3.27. The van der Waals surface area contributed by atoms with E-state index in [9.17, 15) is 9.59 Å². The van der Waals surface area contributed by atoms with Crippen molar-refractivity contribution in [2.45, 2.75) is 57.7 Å². The molecule has 2 aromatic carbocycles. The molecule has 36 heavy (non-hydrogen) atoms. The van der Waals surface area contributed by atoms with Crippen molar-refractivity contribution < 1.29 is 28.9 Å². The molecule has 0 radical (unpaired) electrons. The minimum absolute atomic E-state index is 0.00125. The summed E-state index contributed by atoms with van der Waals surface area (Å²) in [6.07, 6.45) is 0.691. The van der Waals surface area contributed by atoms with Gasteiger partial charge in [0.05, 0.1) is 6.61 Å². The van der Waals surface area contributed by atoms with Crippen LogP contribution in [0.2, 0.25) is 5.02 Å². The normalized spacial score (nSPS) is 17.2. The Bertz CT molecular complexity index is 1080. The first-order valence-corrected chi connectivity index (χ1v) is 12.3. The highest BCUT2D eigenvalue weighted by Crippen LogP contribution is 2.29. The van der Waals surface area contributed by atoms with Gasteiger partial charge in [-0.15, -0.1) is 0 Å². The number of hydrogen-bond acceptors (Lipinski definition) is 7. The Morgan fingerprint density at radius 3 is 2.61 bits per heavy atom. The summed E-state index contributed by atoms with van der Waals surface area (Å²) in [6, 6.07) is 14.4. The number of ether oxygens (including phenoxy) is 3. The van der Waals surface area contributed by atoms with Gasteiger partial charge in [0, 0.05) is 36.6 Å². The summed E-state index contributed by atoms with van der Waals surface area (Å²) in [6.45, 7) is 6.13. The third-order valence-corrected chi connectivity index (χ3v) is 5.60. The van der Waals surface area contributed by atoms with E-state index in [0.717, 1.165) is 5.56 Å². The highest BCUT2D eigenvalue weighted by Gasteiger charge is 2.44. The van der Waals surface area contributed by atoms with Crippen molar-refractivity contribution >= 4 is 29.4 Å². The van der Waals surface area contributed by atoms with Crippen molar-refractivity contribution in [2.24, 2.45) is 4.99 Å². The van der Waals surface area contributed by atoms with Crippen LogP contribution in [-0.2, 0) is 25.6 Å². The second kappa shape index (κ2) is 12.2. The molecule has 8 nitrogen and oxygen atoms in total. The van der Waals surface area contributed by atoms with Gasteiger partial charge in [-0.25, -0.2) is 4.99 Å². The first-order valence-electron chi connectivity index (χ1n) is 11.9. The highest BCUT2D eigenvalue weighted by molar-refractivity contribution is 6.30. The summed E-state index contributed by atoms with van der Waals surface area (Å²) >= 11 is 6.06. The second-order valence-electron chi connectivity index (χ2n) is 9.59. The number of nitrogens with one attached hydrogen (secondary N) is 1. The molecule has 0 bridgehead atoms. The molecule has 1 heterocycles. The molecule has 2 aromatic rings. The molecule has 0 spiro atoms. The molecule has 1 aliphatic rings. The van der Waals surface area contributed by atoms with Crippen molar-refractivity contribution in [2.75, 3.05) is 19.8 Å².